The van der Waals surface area contributed by atoms with E-state index >= 15 is 0 Å². The summed E-state index contributed by atoms with van der Waals surface area (Å²) in [6.45, 7) is 13.0. The van der Waals surface area contributed by atoms with Gasteiger partial charge < -0.3 is 24.3 Å². The fourth-order valence-corrected chi connectivity index (χ4v) is 3.31. The Morgan fingerprint density at radius 3 is 1.69 bits per heavy atom. The maximum Gasteiger partial charge on any atom is 0.410 e. The first-order chi connectivity index (χ1) is 13.1. The van der Waals surface area contributed by atoms with Gasteiger partial charge in [-0.05, 0) is 32.0 Å². The van der Waals surface area contributed by atoms with E-state index in [9.17, 15) is 19.2 Å². The molecule has 0 atom stereocenters. The highest BCUT2D eigenvalue weighted by Gasteiger charge is 2.33. The molecule has 168 valence electrons. The van der Waals surface area contributed by atoms with E-state index in [1.54, 1.807) is 41.5 Å². The van der Waals surface area contributed by atoms with Gasteiger partial charge in [-0.15, -0.1) is 0 Å². The van der Waals surface area contributed by atoms with Crippen LogP contribution in [0, 0.1) is 11.8 Å². The molecule has 0 fully saturated rings. The summed E-state index contributed by atoms with van der Waals surface area (Å²) in [5, 5.41) is 2.08. The number of amides is 1. The minimum Gasteiger partial charge on any atom is -0.428 e. The predicted molar refractivity (Wildman–Crippen MR) is 108 cm³/mol. The Hall–Kier alpha value is -1.97. The lowest BCUT2D eigenvalue weighted by Crippen LogP contribution is -2.47. The molecule has 0 radical (unpaired) electrons. The third kappa shape index (κ3) is 13.0. The van der Waals surface area contributed by atoms with E-state index in [0.29, 0.717) is 6.42 Å². The zero-order valence-corrected chi connectivity index (χ0v) is 19.3. The number of esters is 2. The Morgan fingerprint density at radius 2 is 1.24 bits per heavy atom. The Balaban J connectivity index is 4.41. The molecule has 1 amide bonds. The van der Waals surface area contributed by atoms with Gasteiger partial charge in [0, 0.05) is 10.3 Å². The van der Waals surface area contributed by atoms with Gasteiger partial charge in [-0.2, -0.15) is 0 Å². The van der Waals surface area contributed by atoms with E-state index in [4.69, 9.17) is 18.9 Å². The summed E-state index contributed by atoms with van der Waals surface area (Å²) < 4.78 is 18.8. The standard InChI is InChI=1S/C19H33NO8S/c1-12(2)14(21)25-10-27-16(23)20-18(5,6)9-19(7,8)29-17(24)28-11-26-15(22)13(3)4/h12-13H,9-11H2,1-8H3,(H,20,23). The van der Waals surface area contributed by atoms with E-state index < -0.39 is 47.2 Å². The highest BCUT2D eigenvalue weighted by atomic mass is 32.2. The molecule has 0 bridgehead atoms. The third-order valence-electron chi connectivity index (χ3n) is 3.38. The van der Waals surface area contributed by atoms with Crippen molar-refractivity contribution in [2.75, 3.05) is 13.6 Å². The van der Waals surface area contributed by atoms with Crippen molar-refractivity contribution in [3.63, 3.8) is 0 Å². The number of rotatable bonds is 10. The normalized spacial score (nSPS) is 11.8. The summed E-state index contributed by atoms with van der Waals surface area (Å²) in [7, 11) is 0. The maximum absolute atomic E-state index is 12.0. The minimum atomic E-state index is -0.740. The van der Waals surface area contributed by atoms with E-state index in [1.807, 2.05) is 13.8 Å². The summed E-state index contributed by atoms with van der Waals surface area (Å²) in [5.41, 5.74) is -0.722. The number of hydrogen-bond acceptors (Lipinski definition) is 9. The van der Waals surface area contributed by atoms with Crippen molar-refractivity contribution in [1.82, 2.24) is 5.32 Å². The third-order valence-corrected chi connectivity index (χ3v) is 4.36. The zero-order chi connectivity index (χ0) is 22.8. The lowest BCUT2D eigenvalue weighted by Gasteiger charge is -2.34. The second kappa shape index (κ2) is 11.9. The van der Waals surface area contributed by atoms with Crippen LogP contribution in [0.3, 0.4) is 0 Å². The van der Waals surface area contributed by atoms with Gasteiger partial charge in [-0.3, -0.25) is 9.59 Å². The molecule has 0 aromatic rings. The van der Waals surface area contributed by atoms with Gasteiger partial charge in [0.15, 0.2) is 0 Å². The molecule has 0 aromatic carbocycles. The van der Waals surface area contributed by atoms with Crippen molar-refractivity contribution in [3.05, 3.63) is 0 Å². The molecule has 1 N–H and O–H groups in total. The summed E-state index contributed by atoms with van der Waals surface area (Å²) in [6, 6.07) is 0. The largest absolute Gasteiger partial charge is 0.428 e. The van der Waals surface area contributed by atoms with Crippen LogP contribution in [0.4, 0.5) is 9.59 Å². The smallest absolute Gasteiger partial charge is 0.410 e. The van der Waals surface area contributed by atoms with Crippen LogP contribution < -0.4 is 5.32 Å². The van der Waals surface area contributed by atoms with Crippen LogP contribution in [0.5, 0.6) is 0 Å². The first-order valence-electron chi connectivity index (χ1n) is 9.29. The molecule has 0 spiro atoms. The number of carbonyl (C=O) groups excluding carboxylic acids is 4. The zero-order valence-electron chi connectivity index (χ0n) is 18.5. The van der Waals surface area contributed by atoms with E-state index in [2.05, 4.69) is 5.32 Å². The highest BCUT2D eigenvalue weighted by Crippen LogP contribution is 2.34. The summed E-state index contributed by atoms with van der Waals surface area (Å²) >= 11 is 0.927. The van der Waals surface area contributed by atoms with E-state index in [0.717, 1.165) is 11.8 Å². The molecule has 0 saturated carbocycles. The average molecular weight is 436 g/mol. The van der Waals surface area contributed by atoms with Crippen molar-refractivity contribution in [1.29, 1.82) is 0 Å². The topological polar surface area (TPSA) is 117 Å². The van der Waals surface area contributed by atoms with E-state index in [-0.39, 0.29) is 11.8 Å². The Labute approximate surface area is 176 Å². The molecule has 0 aliphatic heterocycles. The summed E-state index contributed by atoms with van der Waals surface area (Å²) in [5.74, 6) is -1.54. The van der Waals surface area contributed by atoms with Crippen LogP contribution in [0.1, 0.15) is 61.8 Å². The fourth-order valence-electron chi connectivity index (χ4n) is 2.32. The molecule has 0 heterocycles. The molecule has 29 heavy (non-hydrogen) atoms. The number of thioether (sulfide) groups is 1. The Kier molecular flexibility index (Phi) is 11.1. The molecule has 0 aromatic heterocycles. The molecule has 9 nitrogen and oxygen atoms in total. The number of nitrogens with one attached hydrogen (secondary N) is 1. The van der Waals surface area contributed by atoms with Crippen LogP contribution in [0.25, 0.3) is 0 Å². The Morgan fingerprint density at radius 1 is 0.793 bits per heavy atom. The molecular weight excluding hydrogens is 402 g/mol. The first-order valence-corrected chi connectivity index (χ1v) is 10.1. The van der Waals surface area contributed by atoms with Gasteiger partial charge in [0.25, 0.3) is 0 Å². The van der Waals surface area contributed by atoms with Crippen molar-refractivity contribution in [2.24, 2.45) is 11.8 Å². The SMILES string of the molecule is CC(C)C(=O)OCOC(=O)NC(C)(C)CC(C)(C)SC(=O)OCOC(=O)C(C)C. The molecule has 0 aliphatic carbocycles. The minimum absolute atomic E-state index is 0.307. The quantitative estimate of drug-likeness (QED) is 0.403. The molecule has 0 saturated heterocycles. The molecule has 0 rings (SSSR count). The van der Waals surface area contributed by atoms with Gasteiger partial charge in [0.1, 0.15) is 0 Å². The van der Waals surface area contributed by atoms with E-state index in [1.165, 1.54) is 0 Å². The lowest BCUT2D eigenvalue weighted by molar-refractivity contribution is -0.156. The first kappa shape index (κ1) is 27.0. The number of hydrogen-bond donors (Lipinski definition) is 1. The van der Waals surface area contributed by atoms with Gasteiger partial charge >= 0.3 is 23.3 Å². The van der Waals surface area contributed by atoms with Crippen LogP contribution >= 0.6 is 11.8 Å². The molecular formula is C19H33NO8S. The predicted octanol–water partition coefficient (Wildman–Crippen LogP) is 3.84. The maximum atomic E-state index is 12.0. The molecule has 10 heteroatoms. The monoisotopic (exact) mass is 435 g/mol. The Bertz CT molecular complexity index is 537. The fraction of sp³-hybridized carbons (Fsp3) is 0.789. The second-order valence-electron chi connectivity index (χ2n) is 8.35. The molecule has 0 aliphatic rings. The number of alkyl carbamates (subject to hydrolysis) is 1. The van der Waals surface area contributed by atoms with Crippen molar-refractivity contribution >= 4 is 35.1 Å². The number of ether oxygens (including phenoxy) is 4. The highest BCUT2D eigenvalue weighted by molar-refractivity contribution is 8.14. The second-order valence-corrected chi connectivity index (χ2v) is 9.99. The van der Waals surface area contributed by atoms with Gasteiger partial charge in [0.2, 0.25) is 13.6 Å². The van der Waals surface area contributed by atoms with Crippen LogP contribution in [-0.4, -0.2) is 47.2 Å². The van der Waals surface area contributed by atoms with Crippen LogP contribution in [0.15, 0.2) is 0 Å². The van der Waals surface area contributed by atoms with Gasteiger partial charge in [-0.1, -0.05) is 41.5 Å². The lowest BCUT2D eigenvalue weighted by atomic mass is 9.92. The molecule has 0 unspecified atom stereocenters. The van der Waals surface area contributed by atoms with Gasteiger partial charge in [-0.25, -0.2) is 9.59 Å². The number of carbonyl (C=O) groups is 4. The average Bonchev–Trinajstić information content (AvgIpc) is 2.51. The van der Waals surface area contributed by atoms with Crippen LogP contribution in [0.2, 0.25) is 0 Å². The summed E-state index contributed by atoms with van der Waals surface area (Å²) in [4.78, 5) is 46.6. The van der Waals surface area contributed by atoms with Crippen molar-refractivity contribution < 1.29 is 38.1 Å². The van der Waals surface area contributed by atoms with Gasteiger partial charge in [0.05, 0.1) is 11.8 Å². The van der Waals surface area contributed by atoms with Crippen molar-refractivity contribution in [3.8, 4) is 0 Å². The summed E-state index contributed by atoms with van der Waals surface area (Å²) in [6.07, 6.45) is -0.345. The van der Waals surface area contributed by atoms with Crippen molar-refractivity contribution in [2.45, 2.75) is 72.1 Å². The van der Waals surface area contributed by atoms with Crippen LogP contribution in [-0.2, 0) is 28.5 Å².